The van der Waals surface area contributed by atoms with Crippen molar-refractivity contribution in [1.29, 1.82) is 0 Å². The lowest BCUT2D eigenvalue weighted by atomic mass is 10.0. The molecule has 1 aromatic heterocycles. The van der Waals surface area contributed by atoms with Crippen LogP contribution >= 0.6 is 38.9 Å². The molecule has 0 aliphatic carbocycles. The van der Waals surface area contributed by atoms with Crippen molar-refractivity contribution >= 4 is 50.7 Å². The lowest BCUT2D eigenvalue weighted by Crippen LogP contribution is -2.34. The normalized spacial score (nSPS) is 11.7. The number of halogens is 2. The molecule has 0 saturated carbocycles. The molecule has 4 nitrogen and oxygen atoms in total. The van der Waals surface area contributed by atoms with Crippen molar-refractivity contribution in [2.45, 2.75) is 18.9 Å². The smallest absolute Gasteiger partial charge is 0.253 e. The van der Waals surface area contributed by atoms with Crippen molar-refractivity contribution in [2.75, 3.05) is 6.54 Å². The summed E-state index contributed by atoms with van der Waals surface area (Å²) in [6, 6.07) is 19.9. The van der Waals surface area contributed by atoms with Gasteiger partial charge in [0.25, 0.3) is 5.91 Å². The first-order valence-corrected chi connectivity index (χ1v) is 11.1. The Bertz CT molecular complexity index is 978. The van der Waals surface area contributed by atoms with Gasteiger partial charge in [0.05, 0.1) is 26.8 Å². The summed E-state index contributed by atoms with van der Waals surface area (Å²) >= 11 is 11.2. The van der Waals surface area contributed by atoms with Crippen molar-refractivity contribution in [1.82, 2.24) is 10.6 Å². The highest BCUT2D eigenvalue weighted by Crippen LogP contribution is 2.22. The third-order valence-corrected chi connectivity index (χ3v) is 6.35. The minimum absolute atomic E-state index is 0.117. The summed E-state index contributed by atoms with van der Waals surface area (Å²) < 4.78 is 1.07. The van der Waals surface area contributed by atoms with Gasteiger partial charge in [-0.2, -0.15) is 0 Å². The van der Waals surface area contributed by atoms with Crippen LogP contribution in [0.3, 0.4) is 0 Å². The molecule has 29 heavy (non-hydrogen) atoms. The van der Waals surface area contributed by atoms with Crippen molar-refractivity contribution in [3.8, 4) is 0 Å². The highest BCUT2D eigenvalue weighted by atomic mass is 79.9. The average molecular weight is 492 g/mol. The first-order chi connectivity index (χ1) is 14.0. The number of thiophene rings is 1. The van der Waals surface area contributed by atoms with E-state index in [9.17, 15) is 9.59 Å². The van der Waals surface area contributed by atoms with Gasteiger partial charge in [0.15, 0.2) is 0 Å². The molecule has 2 N–H and O–H groups in total. The van der Waals surface area contributed by atoms with Crippen molar-refractivity contribution in [3.63, 3.8) is 0 Å². The molecule has 150 valence electrons. The first-order valence-electron chi connectivity index (χ1n) is 9.14. The summed E-state index contributed by atoms with van der Waals surface area (Å²) in [5.74, 6) is -0.422. The first kappa shape index (κ1) is 21.6. The SMILES string of the molecule is O=C(CC(NC(=O)c1ccccc1Cl)c1ccccc1)NCCc1ccc(Br)s1. The second kappa shape index (κ2) is 10.6. The van der Waals surface area contributed by atoms with Crippen LogP contribution in [0.2, 0.25) is 5.02 Å². The van der Waals surface area contributed by atoms with Crippen LogP contribution in [0.15, 0.2) is 70.5 Å². The number of amides is 2. The number of hydrogen-bond donors (Lipinski definition) is 2. The van der Waals surface area contributed by atoms with Gasteiger partial charge in [0.1, 0.15) is 0 Å². The second-order valence-electron chi connectivity index (χ2n) is 6.43. The maximum atomic E-state index is 12.7. The Morgan fingerprint density at radius 2 is 1.72 bits per heavy atom. The zero-order valence-corrected chi connectivity index (χ0v) is 18.7. The van der Waals surface area contributed by atoms with E-state index in [4.69, 9.17) is 11.6 Å². The summed E-state index contributed by atoms with van der Waals surface area (Å²) in [5, 5.41) is 6.26. The van der Waals surface area contributed by atoms with Gasteiger partial charge < -0.3 is 10.6 Å². The Labute approximate surface area is 187 Å². The molecule has 0 fully saturated rings. The van der Waals surface area contributed by atoms with Crippen molar-refractivity contribution < 1.29 is 9.59 Å². The Morgan fingerprint density at radius 3 is 2.41 bits per heavy atom. The number of nitrogens with one attached hydrogen (secondary N) is 2. The standard InChI is InChI=1S/C22H20BrClN2O2S/c23-20-11-10-16(29-20)12-13-25-21(27)14-19(15-6-2-1-3-7-15)26-22(28)17-8-4-5-9-18(17)24/h1-11,19H,12-14H2,(H,25,27)(H,26,28). The Morgan fingerprint density at radius 1 is 1.00 bits per heavy atom. The van der Waals surface area contributed by atoms with Crippen LogP contribution in [-0.4, -0.2) is 18.4 Å². The summed E-state index contributed by atoms with van der Waals surface area (Å²) in [5.41, 5.74) is 1.25. The molecule has 1 heterocycles. The van der Waals surface area contributed by atoms with E-state index in [1.807, 2.05) is 42.5 Å². The Balaban J connectivity index is 1.63. The summed E-state index contributed by atoms with van der Waals surface area (Å²) in [6.07, 6.45) is 0.915. The van der Waals surface area contributed by atoms with Crippen molar-refractivity contribution in [2.24, 2.45) is 0 Å². The molecule has 0 saturated heterocycles. The van der Waals surface area contributed by atoms with Gasteiger partial charge in [-0.1, -0.05) is 54.1 Å². The second-order valence-corrected chi connectivity index (χ2v) is 9.38. The molecule has 0 radical (unpaired) electrons. The molecule has 0 aliphatic heterocycles. The minimum atomic E-state index is -0.448. The highest BCUT2D eigenvalue weighted by molar-refractivity contribution is 9.11. The highest BCUT2D eigenvalue weighted by Gasteiger charge is 2.20. The number of carbonyl (C=O) groups excluding carboxylic acids is 2. The number of carbonyl (C=O) groups is 2. The van der Waals surface area contributed by atoms with Gasteiger partial charge in [-0.05, 0) is 52.2 Å². The topological polar surface area (TPSA) is 58.2 Å². The number of rotatable bonds is 8. The van der Waals surface area contributed by atoms with E-state index in [2.05, 4.69) is 26.6 Å². The third kappa shape index (κ3) is 6.42. The molecule has 1 atom stereocenters. The predicted molar refractivity (Wildman–Crippen MR) is 121 cm³/mol. The van der Waals surface area contributed by atoms with Crippen LogP contribution in [0, 0.1) is 0 Å². The van der Waals surface area contributed by atoms with E-state index >= 15 is 0 Å². The summed E-state index contributed by atoms with van der Waals surface area (Å²) in [4.78, 5) is 26.4. The zero-order chi connectivity index (χ0) is 20.6. The number of hydrogen-bond acceptors (Lipinski definition) is 3. The Hall–Kier alpha value is -2.15. The van der Waals surface area contributed by atoms with E-state index in [1.54, 1.807) is 35.6 Å². The van der Waals surface area contributed by atoms with Crippen LogP contribution in [0.25, 0.3) is 0 Å². The fourth-order valence-electron chi connectivity index (χ4n) is 2.89. The average Bonchev–Trinajstić information content (AvgIpc) is 3.13. The van der Waals surface area contributed by atoms with Crippen LogP contribution in [0.4, 0.5) is 0 Å². The molecule has 7 heteroatoms. The monoisotopic (exact) mass is 490 g/mol. The lowest BCUT2D eigenvalue weighted by molar-refractivity contribution is -0.121. The quantitative estimate of drug-likeness (QED) is 0.444. The fourth-order valence-corrected chi connectivity index (χ4v) is 4.59. The molecule has 0 bridgehead atoms. The van der Waals surface area contributed by atoms with Gasteiger partial charge in [0.2, 0.25) is 5.91 Å². The van der Waals surface area contributed by atoms with Gasteiger partial charge in [0, 0.05) is 11.4 Å². The maximum Gasteiger partial charge on any atom is 0.253 e. The van der Waals surface area contributed by atoms with Gasteiger partial charge >= 0.3 is 0 Å². The lowest BCUT2D eigenvalue weighted by Gasteiger charge is -2.19. The van der Waals surface area contributed by atoms with Crippen LogP contribution in [-0.2, 0) is 11.2 Å². The fraction of sp³-hybridized carbons (Fsp3) is 0.182. The van der Waals surface area contributed by atoms with Crippen LogP contribution in [0.1, 0.15) is 33.3 Å². The molecule has 3 rings (SSSR count). The van der Waals surface area contributed by atoms with E-state index in [-0.39, 0.29) is 18.2 Å². The van der Waals surface area contributed by atoms with Gasteiger partial charge in [-0.15, -0.1) is 11.3 Å². The molecular formula is C22H20BrClN2O2S. The molecule has 3 aromatic rings. The zero-order valence-electron chi connectivity index (χ0n) is 15.5. The summed E-state index contributed by atoms with van der Waals surface area (Å²) in [7, 11) is 0. The Kier molecular flexibility index (Phi) is 7.86. The van der Waals surface area contributed by atoms with E-state index in [0.29, 0.717) is 17.1 Å². The molecule has 0 spiro atoms. The molecule has 0 aliphatic rings. The molecular weight excluding hydrogens is 472 g/mol. The third-order valence-electron chi connectivity index (χ3n) is 4.34. The maximum absolute atomic E-state index is 12.7. The largest absolute Gasteiger partial charge is 0.356 e. The van der Waals surface area contributed by atoms with Crippen LogP contribution in [0.5, 0.6) is 0 Å². The number of benzene rings is 2. The minimum Gasteiger partial charge on any atom is -0.356 e. The van der Waals surface area contributed by atoms with E-state index < -0.39 is 6.04 Å². The summed E-state index contributed by atoms with van der Waals surface area (Å²) in [6.45, 7) is 0.547. The van der Waals surface area contributed by atoms with Gasteiger partial charge in [-0.25, -0.2) is 0 Å². The predicted octanol–water partition coefficient (Wildman–Crippen LogP) is 5.38. The molecule has 2 amide bonds. The van der Waals surface area contributed by atoms with Gasteiger partial charge in [-0.3, -0.25) is 9.59 Å². The van der Waals surface area contributed by atoms with E-state index in [0.717, 1.165) is 15.8 Å². The van der Waals surface area contributed by atoms with Crippen molar-refractivity contribution in [3.05, 3.63) is 91.5 Å². The van der Waals surface area contributed by atoms with E-state index in [1.165, 1.54) is 4.88 Å². The van der Waals surface area contributed by atoms with Crippen LogP contribution < -0.4 is 10.6 Å². The molecule has 1 unspecified atom stereocenters. The molecule has 2 aromatic carbocycles.